The molecule has 2 rings (SSSR count). The van der Waals surface area contributed by atoms with Crippen LogP contribution in [-0.4, -0.2) is 62.3 Å². The fraction of sp³-hybridized carbons (Fsp3) is 0.500. The van der Waals surface area contributed by atoms with Gasteiger partial charge in [-0.2, -0.15) is 0 Å². The van der Waals surface area contributed by atoms with Crippen molar-refractivity contribution < 1.29 is 18.7 Å². The maximum Gasteiger partial charge on any atom is 0.272 e. The second kappa shape index (κ2) is 19.4. The first-order chi connectivity index (χ1) is 17.0. The summed E-state index contributed by atoms with van der Waals surface area (Å²) >= 11 is 0. The SMILES string of the molecule is C#C.C/C=C\CC.CC[C@H](CNC)N(CC)C(=O)c1cc(OCCCOC)c2cc(F)ccc2n1. The largest absolute Gasteiger partial charge is 0.493 e. The van der Waals surface area contributed by atoms with Gasteiger partial charge in [0.1, 0.15) is 17.3 Å². The Morgan fingerprint density at radius 2 is 1.94 bits per heavy atom. The molecule has 1 heterocycles. The maximum absolute atomic E-state index is 13.8. The molecule has 0 radical (unpaired) electrons. The molecule has 0 saturated heterocycles. The number of likely N-dealkylation sites (N-methyl/N-ethyl adjacent to an activating group) is 2. The second-order valence-corrected chi connectivity index (χ2v) is 7.55. The number of nitrogens with zero attached hydrogens (tertiary/aromatic N) is 2. The van der Waals surface area contributed by atoms with E-state index in [0.717, 1.165) is 12.8 Å². The zero-order valence-electron chi connectivity index (χ0n) is 22.1. The third-order valence-corrected chi connectivity index (χ3v) is 5.13. The molecular formula is C28H42FN3O3. The second-order valence-electron chi connectivity index (χ2n) is 7.55. The highest BCUT2D eigenvalue weighted by molar-refractivity contribution is 5.97. The number of carbonyl (C=O) groups is 1. The van der Waals surface area contributed by atoms with E-state index in [-0.39, 0.29) is 17.8 Å². The highest BCUT2D eigenvalue weighted by atomic mass is 19.1. The number of halogens is 1. The van der Waals surface area contributed by atoms with Gasteiger partial charge in [-0.25, -0.2) is 9.37 Å². The Bertz CT molecular complexity index is 915. The van der Waals surface area contributed by atoms with E-state index in [1.165, 1.54) is 12.1 Å². The van der Waals surface area contributed by atoms with E-state index >= 15 is 0 Å². The number of benzene rings is 1. The van der Waals surface area contributed by atoms with Gasteiger partial charge in [0.15, 0.2) is 0 Å². The van der Waals surface area contributed by atoms with Crippen LogP contribution in [0.5, 0.6) is 5.75 Å². The van der Waals surface area contributed by atoms with Crippen molar-refractivity contribution in [1.82, 2.24) is 15.2 Å². The summed E-state index contributed by atoms with van der Waals surface area (Å²) in [6.45, 7) is 10.4. The molecule has 7 heteroatoms. The Balaban J connectivity index is 0.00000146. The van der Waals surface area contributed by atoms with Crippen LogP contribution in [0.3, 0.4) is 0 Å². The maximum atomic E-state index is 13.8. The number of pyridine rings is 1. The minimum atomic E-state index is -0.370. The number of carbonyl (C=O) groups excluding carboxylic acids is 1. The molecule has 0 bridgehead atoms. The number of terminal acetylenes is 1. The van der Waals surface area contributed by atoms with E-state index in [0.29, 0.717) is 55.1 Å². The number of amides is 1. The third-order valence-electron chi connectivity index (χ3n) is 5.13. The van der Waals surface area contributed by atoms with Gasteiger partial charge in [0, 0.05) is 50.7 Å². The number of fused-ring (bicyclic) bond motifs is 1. The number of ether oxygens (including phenoxy) is 2. The van der Waals surface area contributed by atoms with Gasteiger partial charge < -0.3 is 19.7 Å². The van der Waals surface area contributed by atoms with E-state index in [4.69, 9.17) is 9.47 Å². The number of methoxy groups -OCH3 is 1. The van der Waals surface area contributed by atoms with Gasteiger partial charge in [-0.15, -0.1) is 12.8 Å². The zero-order chi connectivity index (χ0) is 26.6. The molecule has 0 saturated carbocycles. The predicted octanol–water partition coefficient (Wildman–Crippen LogP) is 5.47. The molecular weight excluding hydrogens is 445 g/mol. The van der Waals surface area contributed by atoms with Crippen LogP contribution >= 0.6 is 0 Å². The first-order valence-corrected chi connectivity index (χ1v) is 12.1. The number of allylic oxidation sites excluding steroid dienone is 2. The number of nitrogens with one attached hydrogen (secondary N) is 1. The van der Waals surface area contributed by atoms with Crippen molar-refractivity contribution in [2.24, 2.45) is 0 Å². The van der Waals surface area contributed by atoms with Crippen molar-refractivity contribution in [2.75, 3.05) is 40.5 Å². The summed E-state index contributed by atoms with van der Waals surface area (Å²) in [6, 6.07) is 5.98. The topological polar surface area (TPSA) is 63.7 Å². The average Bonchev–Trinajstić information content (AvgIpc) is 2.88. The molecule has 1 aromatic carbocycles. The normalized spacial score (nSPS) is 11.2. The summed E-state index contributed by atoms with van der Waals surface area (Å²) in [6.07, 6.45) is 14.9. The van der Waals surface area contributed by atoms with Crippen molar-refractivity contribution >= 4 is 16.8 Å². The molecule has 35 heavy (non-hydrogen) atoms. The smallest absolute Gasteiger partial charge is 0.272 e. The minimum absolute atomic E-state index is 0.0688. The number of hydrogen-bond donors (Lipinski definition) is 1. The van der Waals surface area contributed by atoms with Crippen molar-refractivity contribution in [3.05, 3.63) is 47.9 Å². The standard InChI is InChI=1S/C21H30FN3O3.C5H10.C2H2/c1-5-16(14-23-3)25(6-2)21(26)19-13-20(28-11-7-10-27-4)17-12-15(22)8-9-18(17)24-19;1-3-5-4-2;1-2/h8-9,12-13,16,23H,5-7,10-11,14H2,1-4H3;3,5H,4H2,1-2H3;1-2H/b;5-3-;/t16-;;/m1../s1. The molecule has 1 amide bonds. The molecule has 194 valence electrons. The fourth-order valence-electron chi connectivity index (χ4n) is 3.44. The monoisotopic (exact) mass is 487 g/mol. The van der Waals surface area contributed by atoms with Crippen molar-refractivity contribution in [3.63, 3.8) is 0 Å². The van der Waals surface area contributed by atoms with E-state index in [1.54, 1.807) is 19.2 Å². The summed E-state index contributed by atoms with van der Waals surface area (Å²) in [4.78, 5) is 19.5. The highest BCUT2D eigenvalue weighted by Gasteiger charge is 2.24. The van der Waals surface area contributed by atoms with Crippen molar-refractivity contribution in [2.45, 2.75) is 53.0 Å². The molecule has 1 aromatic heterocycles. The Labute approximate surface area is 210 Å². The van der Waals surface area contributed by atoms with Crippen LogP contribution in [0.4, 0.5) is 4.39 Å². The van der Waals surface area contributed by atoms with E-state index < -0.39 is 0 Å². The molecule has 1 N–H and O–H groups in total. The summed E-state index contributed by atoms with van der Waals surface area (Å²) in [5.41, 5.74) is 0.837. The number of hydrogen-bond acceptors (Lipinski definition) is 5. The molecule has 0 aliphatic rings. The molecule has 0 spiro atoms. The van der Waals surface area contributed by atoms with Crippen LogP contribution < -0.4 is 10.1 Å². The quantitative estimate of drug-likeness (QED) is 0.244. The lowest BCUT2D eigenvalue weighted by atomic mass is 10.1. The van der Waals surface area contributed by atoms with Gasteiger partial charge in [0.2, 0.25) is 0 Å². The number of rotatable bonds is 12. The highest BCUT2D eigenvalue weighted by Crippen LogP contribution is 2.27. The summed E-state index contributed by atoms with van der Waals surface area (Å²) in [5.74, 6) is -0.0652. The van der Waals surface area contributed by atoms with Gasteiger partial charge in [0.25, 0.3) is 5.91 Å². The predicted molar refractivity (Wildman–Crippen MR) is 143 cm³/mol. The summed E-state index contributed by atoms with van der Waals surface area (Å²) in [5, 5.41) is 3.69. The molecule has 6 nitrogen and oxygen atoms in total. The lowest BCUT2D eigenvalue weighted by molar-refractivity contribution is 0.0678. The van der Waals surface area contributed by atoms with Crippen LogP contribution in [-0.2, 0) is 4.74 Å². The Morgan fingerprint density at radius 3 is 2.46 bits per heavy atom. The van der Waals surface area contributed by atoms with E-state index in [2.05, 4.69) is 49.1 Å². The van der Waals surface area contributed by atoms with Crippen LogP contribution in [0.2, 0.25) is 0 Å². The average molecular weight is 488 g/mol. The van der Waals surface area contributed by atoms with Gasteiger partial charge in [-0.3, -0.25) is 4.79 Å². The van der Waals surface area contributed by atoms with Crippen molar-refractivity contribution in [1.29, 1.82) is 0 Å². The van der Waals surface area contributed by atoms with Crippen LogP contribution in [0.1, 0.15) is 57.4 Å². The molecule has 0 fully saturated rings. The van der Waals surface area contributed by atoms with E-state index in [9.17, 15) is 9.18 Å². The van der Waals surface area contributed by atoms with Crippen LogP contribution in [0, 0.1) is 18.7 Å². The molecule has 1 atom stereocenters. The summed E-state index contributed by atoms with van der Waals surface area (Å²) < 4.78 is 24.6. The number of aromatic nitrogens is 1. The summed E-state index contributed by atoms with van der Waals surface area (Å²) in [7, 11) is 3.50. The zero-order valence-corrected chi connectivity index (χ0v) is 22.1. The Kier molecular flexibility index (Phi) is 17.7. The molecule has 2 aromatic rings. The third kappa shape index (κ3) is 10.9. The van der Waals surface area contributed by atoms with E-state index in [1.807, 2.05) is 25.8 Å². The molecule has 0 aliphatic heterocycles. The minimum Gasteiger partial charge on any atom is -0.493 e. The fourth-order valence-corrected chi connectivity index (χ4v) is 3.44. The van der Waals surface area contributed by atoms with Crippen molar-refractivity contribution in [3.8, 4) is 18.6 Å². The Morgan fingerprint density at radius 1 is 1.23 bits per heavy atom. The lowest BCUT2D eigenvalue weighted by Gasteiger charge is -2.30. The van der Waals surface area contributed by atoms with Gasteiger partial charge in [-0.05, 0) is 51.9 Å². The first-order valence-electron chi connectivity index (χ1n) is 12.1. The molecule has 0 unspecified atom stereocenters. The van der Waals surface area contributed by atoms with Gasteiger partial charge in [0.05, 0.1) is 12.1 Å². The van der Waals surface area contributed by atoms with Crippen LogP contribution in [0.15, 0.2) is 36.4 Å². The lowest BCUT2D eigenvalue weighted by Crippen LogP contribution is -2.45. The first kappa shape index (κ1) is 32.0. The molecule has 0 aliphatic carbocycles. The van der Waals surface area contributed by atoms with Gasteiger partial charge >= 0.3 is 0 Å². The van der Waals surface area contributed by atoms with Crippen LogP contribution in [0.25, 0.3) is 10.9 Å². The van der Waals surface area contributed by atoms with Gasteiger partial charge in [-0.1, -0.05) is 26.0 Å². The Hall–Kier alpha value is -2.95.